The molecule has 10 heteroatoms. The van der Waals surface area contributed by atoms with Crippen molar-refractivity contribution < 1.29 is 27.5 Å². The first-order valence-electron chi connectivity index (χ1n) is 9.23. The summed E-state index contributed by atoms with van der Waals surface area (Å²) in [5.41, 5.74) is 0.527. The maximum atomic E-state index is 13.1. The normalized spacial score (nSPS) is 18.1. The van der Waals surface area contributed by atoms with Crippen LogP contribution >= 0.6 is 11.6 Å². The molecule has 3 rings (SSSR count). The molecule has 2 aromatic rings. The summed E-state index contributed by atoms with van der Waals surface area (Å²) in [7, 11) is -3.98. The van der Waals surface area contributed by atoms with Gasteiger partial charge in [-0.05, 0) is 48.7 Å². The lowest BCUT2D eigenvalue weighted by molar-refractivity contribution is -0.142. The molecular weight excluding hydrogens is 435 g/mol. The maximum absolute atomic E-state index is 13.1. The minimum absolute atomic E-state index is 0.0317. The van der Waals surface area contributed by atoms with E-state index >= 15 is 0 Å². The molecule has 0 saturated carbocycles. The Morgan fingerprint density at radius 1 is 1.23 bits per heavy atom. The van der Waals surface area contributed by atoms with Gasteiger partial charge in [-0.2, -0.15) is 4.31 Å². The van der Waals surface area contributed by atoms with Crippen molar-refractivity contribution in [3.63, 3.8) is 0 Å². The number of carbonyl (C=O) groups is 2. The number of halogens is 2. The summed E-state index contributed by atoms with van der Waals surface area (Å²) in [5.74, 6) is -2.41. The van der Waals surface area contributed by atoms with E-state index in [0.717, 1.165) is 4.31 Å². The molecule has 2 aromatic carbocycles. The Hall–Kier alpha value is -2.49. The van der Waals surface area contributed by atoms with E-state index in [1.165, 1.54) is 42.5 Å². The number of rotatable bonds is 7. The molecule has 1 fully saturated rings. The van der Waals surface area contributed by atoms with Gasteiger partial charge in [-0.3, -0.25) is 4.79 Å². The van der Waals surface area contributed by atoms with Crippen molar-refractivity contribution in [3.05, 3.63) is 64.9 Å². The lowest BCUT2D eigenvalue weighted by Gasteiger charge is -2.25. The van der Waals surface area contributed by atoms with Crippen molar-refractivity contribution >= 4 is 33.5 Å². The lowest BCUT2D eigenvalue weighted by Crippen LogP contribution is -2.51. The molecule has 0 unspecified atom stereocenters. The zero-order valence-electron chi connectivity index (χ0n) is 15.8. The quantitative estimate of drug-likeness (QED) is 0.668. The number of carboxylic acid groups (broad SMARTS) is 1. The summed E-state index contributed by atoms with van der Waals surface area (Å²) in [6.45, 7) is 0.142. The summed E-state index contributed by atoms with van der Waals surface area (Å²) < 4.78 is 40.1. The van der Waals surface area contributed by atoms with Gasteiger partial charge < -0.3 is 10.4 Å². The minimum Gasteiger partial charge on any atom is -0.480 e. The van der Waals surface area contributed by atoms with Crippen LogP contribution in [0.5, 0.6) is 0 Å². The van der Waals surface area contributed by atoms with Crippen molar-refractivity contribution in [1.82, 2.24) is 9.62 Å². The Morgan fingerprint density at radius 2 is 1.93 bits per heavy atom. The molecule has 1 aliphatic heterocycles. The molecule has 7 nitrogen and oxygen atoms in total. The first-order chi connectivity index (χ1) is 14.2. The molecule has 2 N–H and O–H groups in total. The van der Waals surface area contributed by atoms with E-state index in [9.17, 15) is 27.5 Å². The average molecular weight is 455 g/mol. The van der Waals surface area contributed by atoms with E-state index < -0.39 is 39.8 Å². The fourth-order valence-electron chi connectivity index (χ4n) is 3.38. The molecule has 1 aliphatic rings. The molecule has 1 heterocycles. The van der Waals surface area contributed by atoms with E-state index in [4.69, 9.17) is 11.6 Å². The van der Waals surface area contributed by atoms with Crippen LogP contribution in [0.3, 0.4) is 0 Å². The van der Waals surface area contributed by atoms with Crippen LogP contribution in [0.15, 0.2) is 53.4 Å². The predicted octanol–water partition coefficient (Wildman–Crippen LogP) is 2.44. The Bertz CT molecular complexity index is 1050. The zero-order chi connectivity index (χ0) is 21.9. The Balaban J connectivity index is 1.77. The number of hydrogen-bond donors (Lipinski definition) is 2. The van der Waals surface area contributed by atoms with Crippen LogP contribution in [0.4, 0.5) is 4.39 Å². The van der Waals surface area contributed by atoms with Crippen molar-refractivity contribution in [2.45, 2.75) is 36.2 Å². The molecule has 0 bridgehead atoms. The highest BCUT2D eigenvalue weighted by atomic mass is 35.5. The second-order valence-electron chi connectivity index (χ2n) is 6.96. The summed E-state index contributed by atoms with van der Waals surface area (Å²) in [6.07, 6.45) is 0.678. The number of carbonyl (C=O) groups excluding carboxylic acids is 1. The highest BCUT2D eigenvalue weighted by Gasteiger charge is 2.40. The van der Waals surface area contributed by atoms with Gasteiger partial charge in [-0.15, -0.1) is 0 Å². The van der Waals surface area contributed by atoms with Gasteiger partial charge in [0.05, 0.1) is 4.90 Å². The van der Waals surface area contributed by atoms with Gasteiger partial charge in [0.1, 0.15) is 17.9 Å². The van der Waals surface area contributed by atoms with E-state index in [1.807, 2.05) is 0 Å². The molecular formula is C20H20ClFN2O5S. The summed E-state index contributed by atoms with van der Waals surface area (Å²) in [4.78, 5) is 24.4. The third kappa shape index (κ3) is 4.97. The topological polar surface area (TPSA) is 104 Å². The van der Waals surface area contributed by atoms with E-state index in [2.05, 4.69) is 5.32 Å². The third-order valence-corrected chi connectivity index (χ3v) is 7.02. The van der Waals surface area contributed by atoms with Crippen LogP contribution in [0.2, 0.25) is 5.02 Å². The minimum atomic E-state index is -3.98. The number of benzene rings is 2. The summed E-state index contributed by atoms with van der Waals surface area (Å²) in [6, 6.07) is 8.71. The van der Waals surface area contributed by atoms with Crippen LogP contribution in [-0.4, -0.2) is 48.3 Å². The number of hydrogen-bond acceptors (Lipinski definition) is 4. The van der Waals surface area contributed by atoms with E-state index in [1.54, 1.807) is 6.07 Å². The number of nitrogens with zero attached hydrogens (tertiary/aromatic N) is 1. The lowest BCUT2D eigenvalue weighted by atomic mass is 10.1. The molecule has 2 atom stereocenters. The van der Waals surface area contributed by atoms with Gasteiger partial charge >= 0.3 is 5.97 Å². The first-order valence-corrected chi connectivity index (χ1v) is 11.1. The molecule has 0 aliphatic carbocycles. The largest absolute Gasteiger partial charge is 0.480 e. The monoisotopic (exact) mass is 454 g/mol. The fourth-order valence-corrected chi connectivity index (χ4v) is 5.33. The van der Waals surface area contributed by atoms with Crippen LogP contribution in [0.25, 0.3) is 0 Å². The van der Waals surface area contributed by atoms with Crippen LogP contribution in [0.1, 0.15) is 18.4 Å². The van der Waals surface area contributed by atoms with Gasteiger partial charge in [0.25, 0.3) is 0 Å². The molecule has 1 amide bonds. The molecule has 1 saturated heterocycles. The van der Waals surface area contributed by atoms with Crippen molar-refractivity contribution in [1.29, 1.82) is 0 Å². The second-order valence-corrected chi connectivity index (χ2v) is 9.29. The van der Waals surface area contributed by atoms with E-state index in [0.29, 0.717) is 12.0 Å². The fraction of sp³-hybridized carbons (Fsp3) is 0.300. The molecule has 30 heavy (non-hydrogen) atoms. The number of amides is 1. The third-order valence-electron chi connectivity index (χ3n) is 4.88. The average Bonchev–Trinajstić information content (AvgIpc) is 3.20. The zero-order valence-corrected chi connectivity index (χ0v) is 17.4. The van der Waals surface area contributed by atoms with Gasteiger partial charge in [0, 0.05) is 18.0 Å². The Labute approximate surface area is 178 Å². The van der Waals surface area contributed by atoms with Crippen molar-refractivity contribution in [3.8, 4) is 0 Å². The van der Waals surface area contributed by atoms with Gasteiger partial charge in [-0.1, -0.05) is 29.8 Å². The summed E-state index contributed by atoms with van der Waals surface area (Å²) in [5, 5.41) is 12.2. The smallest absolute Gasteiger partial charge is 0.326 e. The standard InChI is InChI=1S/C20H20ClFN2O5S/c21-14-3-1-4-16(12-14)30(28,29)24-10-2-5-18(24)19(25)23-17(20(26)27)11-13-6-8-15(22)9-7-13/h1,3-4,6-9,12,17-18H,2,5,10-11H2,(H,23,25)(H,26,27)/t17-,18-/m0/s1. The molecule has 0 spiro atoms. The number of sulfonamides is 1. The van der Waals surface area contributed by atoms with E-state index in [-0.39, 0.29) is 29.3 Å². The molecule has 0 aromatic heterocycles. The predicted molar refractivity (Wildman–Crippen MR) is 108 cm³/mol. The highest BCUT2D eigenvalue weighted by Crippen LogP contribution is 2.27. The Morgan fingerprint density at radius 3 is 2.57 bits per heavy atom. The molecule has 0 radical (unpaired) electrons. The van der Waals surface area contributed by atoms with Gasteiger partial charge in [0.15, 0.2) is 0 Å². The van der Waals surface area contributed by atoms with Crippen molar-refractivity contribution in [2.75, 3.05) is 6.54 Å². The number of aliphatic carboxylic acids is 1. The van der Waals surface area contributed by atoms with Crippen LogP contribution < -0.4 is 5.32 Å². The second kappa shape index (κ2) is 9.11. The molecule has 160 valence electrons. The van der Waals surface area contributed by atoms with Gasteiger partial charge in [-0.25, -0.2) is 17.6 Å². The SMILES string of the molecule is O=C(O)[C@H](Cc1ccc(F)cc1)NC(=O)[C@@H]1CCCN1S(=O)(=O)c1cccc(Cl)c1. The number of nitrogens with one attached hydrogen (secondary N) is 1. The Kier molecular flexibility index (Phi) is 6.74. The highest BCUT2D eigenvalue weighted by molar-refractivity contribution is 7.89. The number of carboxylic acids is 1. The summed E-state index contributed by atoms with van der Waals surface area (Å²) >= 11 is 5.90. The van der Waals surface area contributed by atoms with Crippen LogP contribution in [0, 0.1) is 5.82 Å². The van der Waals surface area contributed by atoms with Crippen LogP contribution in [-0.2, 0) is 26.0 Å². The van der Waals surface area contributed by atoms with Crippen molar-refractivity contribution in [2.24, 2.45) is 0 Å². The van der Waals surface area contributed by atoms with Gasteiger partial charge in [0.2, 0.25) is 15.9 Å². The first kappa shape index (κ1) is 22.2. The maximum Gasteiger partial charge on any atom is 0.326 e.